The summed E-state index contributed by atoms with van der Waals surface area (Å²) in [5.41, 5.74) is 7.17. The van der Waals surface area contributed by atoms with E-state index in [-0.39, 0.29) is 10.8 Å². The van der Waals surface area contributed by atoms with E-state index in [0.717, 1.165) is 18.4 Å². The topological polar surface area (TPSA) is 101 Å². The van der Waals surface area contributed by atoms with Gasteiger partial charge in [-0.3, -0.25) is 4.79 Å². The van der Waals surface area contributed by atoms with Crippen molar-refractivity contribution in [2.45, 2.75) is 37.1 Å². The number of amides is 1. The van der Waals surface area contributed by atoms with Crippen molar-refractivity contribution in [2.24, 2.45) is 0 Å². The van der Waals surface area contributed by atoms with E-state index < -0.39 is 16.1 Å². The Morgan fingerprint density at radius 3 is 2.80 bits per heavy atom. The minimum atomic E-state index is -3.73. The molecule has 1 fully saturated rings. The fourth-order valence-corrected chi connectivity index (χ4v) is 3.47. The normalized spacial score (nSPS) is 19.6. The van der Waals surface area contributed by atoms with E-state index >= 15 is 0 Å². The standard InChI is InChI=1S/C13H19N3O3S/c1-2-9-5-6-10(8-11(9)14)20(18,19)16-12-4-3-7-15-13(12)17/h5-6,8,12,16H,2-4,7,14H2,1H3,(H,15,17). The molecule has 1 heterocycles. The zero-order valence-corrected chi connectivity index (χ0v) is 12.2. The van der Waals surface area contributed by atoms with Crippen molar-refractivity contribution < 1.29 is 13.2 Å². The predicted molar refractivity (Wildman–Crippen MR) is 76.6 cm³/mol. The SMILES string of the molecule is CCc1ccc(S(=O)(=O)NC2CCCNC2=O)cc1N. The lowest BCUT2D eigenvalue weighted by atomic mass is 10.1. The Kier molecular flexibility index (Phi) is 4.29. The molecule has 0 spiro atoms. The first-order chi connectivity index (χ1) is 9.44. The first-order valence-electron chi connectivity index (χ1n) is 6.62. The van der Waals surface area contributed by atoms with Crippen LogP contribution in [-0.2, 0) is 21.2 Å². The third-order valence-electron chi connectivity index (χ3n) is 3.39. The number of sulfonamides is 1. The summed E-state index contributed by atoms with van der Waals surface area (Å²) in [7, 11) is -3.73. The van der Waals surface area contributed by atoms with Gasteiger partial charge in [0.05, 0.1) is 4.90 Å². The molecule has 1 aromatic carbocycles. The predicted octanol–water partition coefficient (Wildman–Crippen LogP) is 0.388. The van der Waals surface area contributed by atoms with E-state index in [1.807, 2.05) is 6.92 Å². The van der Waals surface area contributed by atoms with Gasteiger partial charge in [-0.05, 0) is 37.0 Å². The van der Waals surface area contributed by atoms with Crippen molar-refractivity contribution in [1.29, 1.82) is 0 Å². The molecule has 1 saturated heterocycles. The molecular weight excluding hydrogens is 278 g/mol. The lowest BCUT2D eigenvalue weighted by Crippen LogP contribution is -2.50. The molecular formula is C13H19N3O3S. The third-order valence-corrected chi connectivity index (χ3v) is 4.86. The van der Waals surface area contributed by atoms with Crippen molar-refractivity contribution in [1.82, 2.24) is 10.0 Å². The Labute approximate surface area is 118 Å². The molecule has 0 aliphatic carbocycles. The molecule has 1 aromatic rings. The van der Waals surface area contributed by atoms with Crippen LogP contribution in [0.2, 0.25) is 0 Å². The van der Waals surface area contributed by atoms with Crippen LogP contribution in [0.25, 0.3) is 0 Å². The monoisotopic (exact) mass is 297 g/mol. The summed E-state index contributed by atoms with van der Waals surface area (Å²) in [6, 6.07) is 3.94. The molecule has 1 unspecified atom stereocenters. The van der Waals surface area contributed by atoms with E-state index in [1.54, 1.807) is 6.07 Å². The van der Waals surface area contributed by atoms with E-state index in [0.29, 0.717) is 18.7 Å². The molecule has 7 heteroatoms. The number of nitrogens with two attached hydrogens (primary N) is 1. The lowest BCUT2D eigenvalue weighted by molar-refractivity contribution is -0.124. The maximum absolute atomic E-state index is 12.3. The minimum absolute atomic E-state index is 0.0885. The van der Waals surface area contributed by atoms with Crippen LogP contribution in [0.5, 0.6) is 0 Å². The van der Waals surface area contributed by atoms with Crippen LogP contribution in [0, 0.1) is 0 Å². The summed E-state index contributed by atoms with van der Waals surface area (Å²) in [5, 5.41) is 2.65. The van der Waals surface area contributed by atoms with Crippen molar-refractivity contribution >= 4 is 21.6 Å². The van der Waals surface area contributed by atoms with Gasteiger partial charge in [0, 0.05) is 12.2 Å². The minimum Gasteiger partial charge on any atom is -0.398 e. The average molecular weight is 297 g/mol. The van der Waals surface area contributed by atoms with Gasteiger partial charge in [-0.2, -0.15) is 4.72 Å². The number of aryl methyl sites for hydroxylation is 1. The number of anilines is 1. The fourth-order valence-electron chi connectivity index (χ4n) is 2.20. The number of nitrogens with one attached hydrogen (secondary N) is 2. The Morgan fingerprint density at radius 2 is 2.20 bits per heavy atom. The van der Waals surface area contributed by atoms with Gasteiger partial charge < -0.3 is 11.1 Å². The number of hydrogen-bond acceptors (Lipinski definition) is 4. The van der Waals surface area contributed by atoms with Gasteiger partial charge in [0.25, 0.3) is 0 Å². The molecule has 1 aliphatic heterocycles. The molecule has 0 bridgehead atoms. The number of carbonyl (C=O) groups excluding carboxylic acids is 1. The summed E-state index contributed by atoms with van der Waals surface area (Å²) in [4.78, 5) is 11.7. The van der Waals surface area contributed by atoms with Gasteiger partial charge in [0.1, 0.15) is 6.04 Å². The second-order valence-corrected chi connectivity index (χ2v) is 6.54. The highest BCUT2D eigenvalue weighted by Gasteiger charge is 2.27. The number of rotatable bonds is 4. The van der Waals surface area contributed by atoms with Crippen LogP contribution >= 0.6 is 0 Å². The highest BCUT2D eigenvalue weighted by molar-refractivity contribution is 7.89. The quantitative estimate of drug-likeness (QED) is 0.700. The number of benzene rings is 1. The highest BCUT2D eigenvalue weighted by Crippen LogP contribution is 2.19. The molecule has 4 N–H and O–H groups in total. The number of hydrogen-bond donors (Lipinski definition) is 3. The Bertz CT molecular complexity index is 613. The zero-order valence-electron chi connectivity index (χ0n) is 11.3. The van der Waals surface area contributed by atoms with Crippen LogP contribution in [-0.4, -0.2) is 26.9 Å². The molecule has 6 nitrogen and oxygen atoms in total. The van der Waals surface area contributed by atoms with E-state index in [2.05, 4.69) is 10.0 Å². The maximum Gasteiger partial charge on any atom is 0.241 e. The molecule has 0 aromatic heterocycles. The van der Waals surface area contributed by atoms with E-state index in [1.165, 1.54) is 12.1 Å². The second-order valence-electron chi connectivity index (χ2n) is 4.82. The van der Waals surface area contributed by atoms with Crippen LogP contribution in [0.3, 0.4) is 0 Å². The molecule has 1 amide bonds. The maximum atomic E-state index is 12.3. The molecule has 1 aliphatic rings. The summed E-state index contributed by atoms with van der Waals surface area (Å²) in [6.07, 6.45) is 2.01. The highest BCUT2D eigenvalue weighted by atomic mass is 32.2. The molecule has 110 valence electrons. The van der Waals surface area contributed by atoms with Crippen LogP contribution in [0.1, 0.15) is 25.3 Å². The van der Waals surface area contributed by atoms with Gasteiger partial charge >= 0.3 is 0 Å². The Morgan fingerprint density at radius 1 is 1.45 bits per heavy atom. The Hall–Kier alpha value is -1.60. The summed E-state index contributed by atoms with van der Waals surface area (Å²) in [5.74, 6) is -0.280. The largest absolute Gasteiger partial charge is 0.398 e. The molecule has 0 saturated carbocycles. The lowest BCUT2D eigenvalue weighted by Gasteiger charge is -2.22. The average Bonchev–Trinajstić information content (AvgIpc) is 2.41. The second kappa shape index (κ2) is 5.80. The van der Waals surface area contributed by atoms with Crippen LogP contribution < -0.4 is 15.8 Å². The molecule has 20 heavy (non-hydrogen) atoms. The first kappa shape index (κ1) is 14.8. The van der Waals surface area contributed by atoms with Crippen molar-refractivity contribution in [2.75, 3.05) is 12.3 Å². The van der Waals surface area contributed by atoms with Gasteiger partial charge in [0.15, 0.2) is 0 Å². The van der Waals surface area contributed by atoms with E-state index in [4.69, 9.17) is 5.73 Å². The van der Waals surface area contributed by atoms with Gasteiger partial charge in [0.2, 0.25) is 15.9 Å². The number of nitrogen functional groups attached to an aromatic ring is 1. The third kappa shape index (κ3) is 3.10. The molecule has 0 radical (unpaired) electrons. The Balaban J connectivity index is 2.21. The molecule has 1 atom stereocenters. The summed E-state index contributed by atoms with van der Waals surface area (Å²) in [6.45, 7) is 2.54. The molecule has 2 rings (SSSR count). The van der Waals surface area contributed by atoms with Gasteiger partial charge in [-0.1, -0.05) is 13.0 Å². The van der Waals surface area contributed by atoms with E-state index in [9.17, 15) is 13.2 Å². The fraction of sp³-hybridized carbons (Fsp3) is 0.462. The first-order valence-corrected chi connectivity index (χ1v) is 8.11. The summed E-state index contributed by atoms with van der Waals surface area (Å²) >= 11 is 0. The van der Waals surface area contributed by atoms with Crippen molar-refractivity contribution in [3.05, 3.63) is 23.8 Å². The van der Waals surface area contributed by atoms with Gasteiger partial charge in [-0.15, -0.1) is 0 Å². The van der Waals surface area contributed by atoms with Gasteiger partial charge in [-0.25, -0.2) is 8.42 Å². The van der Waals surface area contributed by atoms with Crippen molar-refractivity contribution in [3.8, 4) is 0 Å². The summed E-state index contributed by atoms with van der Waals surface area (Å²) < 4.78 is 26.9. The zero-order chi connectivity index (χ0) is 14.8. The van der Waals surface area contributed by atoms with Crippen LogP contribution in [0.4, 0.5) is 5.69 Å². The van der Waals surface area contributed by atoms with Crippen molar-refractivity contribution in [3.63, 3.8) is 0 Å². The smallest absolute Gasteiger partial charge is 0.241 e. The number of piperidine rings is 1. The van der Waals surface area contributed by atoms with Crippen LogP contribution in [0.15, 0.2) is 23.1 Å². The number of carbonyl (C=O) groups is 1.